The van der Waals surface area contributed by atoms with E-state index in [1.165, 1.54) is 0 Å². The minimum absolute atomic E-state index is 0.304. The summed E-state index contributed by atoms with van der Waals surface area (Å²) in [6.45, 7) is 2.14. The van der Waals surface area contributed by atoms with Crippen LogP contribution in [0.15, 0.2) is 78.9 Å². The molecular weight excluding hydrogens is 368 g/mol. The van der Waals surface area contributed by atoms with Crippen molar-refractivity contribution in [1.29, 1.82) is 0 Å². The Hall–Kier alpha value is -3.80. The normalized spacial score (nSPS) is 11.3. The van der Waals surface area contributed by atoms with E-state index in [4.69, 9.17) is 15.2 Å². The summed E-state index contributed by atoms with van der Waals surface area (Å²) >= 11 is 0. The van der Waals surface area contributed by atoms with Crippen LogP contribution in [0, 0.1) is 0 Å². The summed E-state index contributed by atoms with van der Waals surface area (Å²) in [4.78, 5) is 23.4. The molecule has 0 saturated carbocycles. The number of carbonyl (C=O) groups excluding carboxylic acids is 2. The Morgan fingerprint density at radius 3 is 2.14 bits per heavy atom. The second-order valence-electron chi connectivity index (χ2n) is 6.44. The fraction of sp³-hybridized carbons (Fsp3) is 0.130. The molecule has 1 atom stereocenters. The third-order valence-electron chi connectivity index (χ3n) is 4.19. The van der Waals surface area contributed by atoms with Crippen LogP contribution in [-0.2, 0) is 11.4 Å². The Morgan fingerprint density at radius 1 is 0.897 bits per heavy atom. The molecule has 0 unspecified atom stereocenters. The van der Waals surface area contributed by atoms with Crippen LogP contribution in [0.2, 0.25) is 0 Å². The SMILES string of the molecule is C[C@@H](Oc1ccc(OCc2ccccc2)cc1)C(=O)Nc1ccc(C(N)=O)cc1. The highest BCUT2D eigenvalue weighted by atomic mass is 16.5. The molecule has 0 saturated heterocycles. The number of hydrogen-bond acceptors (Lipinski definition) is 4. The van der Waals surface area contributed by atoms with Gasteiger partial charge in [0.2, 0.25) is 5.91 Å². The molecule has 0 heterocycles. The summed E-state index contributed by atoms with van der Waals surface area (Å²) in [7, 11) is 0. The highest BCUT2D eigenvalue weighted by Crippen LogP contribution is 2.20. The number of benzene rings is 3. The van der Waals surface area contributed by atoms with E-state index in [0.717, 1.165) is 5.56 Å². The van der Waals surface area contributed by atoms with Crippen LogP contribution in [0.5, 0.6) is 11.5 Å². The minimum Gasteiger partial charge on any atom is -0.489 e. The Morgan fingerprint density at radius 2 is 1.52 bits per heavy atom. The van der Waals surface area contributed by atoms with E-state index in [9.17, 15) is 9.59 Å². The van der Waals surface area contributed by atoms with E-state index in [-0.39, 0.29) is 5.91 Å². The van der Waals surface area contributed by atoms with Gasteiger partial charge < -0.3 is 20.5 Å². The van der Waals surface area contributed by atoms with E-state index in [0.29, 0.717) is 29.4 Å². The molecule has 0 spiro atoms. The summed E-state index contributed by atoms with van der Waals surface area (Å²) in [5, 5.41) is 2.74. The van der Waals surface area contributed by atoms with E-state index in [1.807, 2.05) is 30.3 Å². The lowest BCUT2D eigenvalue weighted by atomic mass is 10.2. The Kier molecular flexibility index (Phi) is 6.47. The van der Waals surface area contributed by atoms with Crippen molar-refractivity contribution in [2.75, 3.05) is 5.32 Å². The first-order valence-corrected chi connectivity index (χ1v) is 9.15. The van der Waals surface area contributed by atoms with Crippen LogP contribution in [-0.4, -0.2) is 17.9 Å². The van der Waals surface area contributed by atoms with Crippen LogP contribution in [0.3, 0.4) is 0 Å². The lowest BCUT2D eigenvalue weighted by molar-refractivity contribution is -0.122. The second kappa shape index (κ2) is 9.41. The van der Waals surface area contributed by atoms with Gasteiger partial charge in [0.15, 0.2) is 6.10 Å². The predicted molar refractivity (Wildman–Crippen MR) is 111 cm³/mol. The zero-order valence-electron chi connectivity index (χ0n) is 16.0. The molecule has 3 N–H and O–H groups in total. The third-order valence-corrected chi connectivity index (χ3v) is 4.19. The number of rotatable bonds is 8. The molecule has 3 aromatic rings. The van der Waals surface area contributed by atoms with E-state index < -0.39 is 12.0 Å². The number of nitrogens with one attached hydrogen (secondary N) is 1. The average Bonchev–Trinajstić information content (AvgIpc) is 2.74. The lowest BCUT2D eigenvalue weighted by Gasteiger charge is -2.15. The first kappa shape index (κ1) is 19.9. The Balaban J connectivity index is 1.50. The van der Waals surface area contributed by atoms with Gasteiger partial charge in [0, 0.05) is 11.3 Å². The molecule has 148 valence electrons. The Labute approximate surface area is 169 Å². The van der Waals surface area contributed by atoms with Crippen molar-refractivity contribution in [2.24, 2.45) is 5.73 Å². The zero-order chi connectivity index (χ0) is 20.6. The predicted octanol–water partition coefficient (Wildman–Crippen LogP) is 3.77. The van der Waals surface area contributed by atoms with E-state index >= 15 is 0 Å². The molecule has 2 amide bonds. The van der Waals surface area contributed by atoms with Crippen molar-refractivity contribution in [3.05, 3.63) is 90.0 Å². The molecule has 29 heavy (non-hydrogen) atoms. The fourth-order valence-corrected chi connectivity index (χ4v) is 2.57. The number of hydrogen-bond donors (Lipinski definition) is 2. The molecule has 3 rings (SSSR count). The van der Waals surface area contributed by atoms with Gasteiger partial charge in [-0.15, -0.1) is 0 Å². The molecule has 0 aromatic heterocycles. The standard InChI is InChI=1S/C23H22N2O4/c1-16(23(27)25-19-9-7-18(8-10-19)22(24)26)29-21-13-11-20(12-14-21)28-15-17-5-3-2-4-6-17/h2-14,16H,15H2,1H3,(H2,24,26)(H,25,27)/t16-/m1/s1. The highest BCUT2D eigenvalue weighted by molar-refractivity contribution is 5.96. The summed E-state index contributed by atoms with van der Waals surface area (Å²) in [5.41, 5.74) is 7.22. The maximum Gasteiger partial charge on any atom is 0.265 e. The molecule has 6 heteroatoms. The van der Waals surface area contributed by atoms with E-state index in [2.05, 4.69) is 5.32 Å². The van der Waals surface area contributed by atoms with E-state index in [1.54, 1.807) is 55.5 Å². The average molecular weight is 390 g/mol. The van der Waals surface area contributed by atoms with Crippen LogP contribution in [0.1, 0.15) is 22.8 Å². The highest BCUT2D eigenvalue weighted by Gasteiger charge is 2.15. The van der Waals surface area contributed by atoms with Crippen molar-refractivity contribution in [2.45, 2.75) is 19.6 Å². The number of amides is 2. The number of carbonyl (C=O) groups is 2. The van der Waals surface area contributed by atoms with Gasteiger partial charge in [-0.25, -0.2) is 0 Å². The lowest BCUT2D eigenvalue weighted by Crippen LogP contribution is -2.30. The van der Waals surface area contributed by atoms with Crippen LogP contribution in [0.4, 0.5) is 5.69 Å². The van der Waals surface area contributed by atoms with Crippen molar-refractivity contribution < 1.29 is 19.1 Å². The molecule has 0 radical (unpaired) electrons. The molecule has 0 aliphatic carbocycles. The van der Waals surface area contributed by atoms with Gasteiger partial charge in [0.1, 0.15) is 18.1 Å². The molecular formula is C23H22N2O4. The number of primary amides is 1. The molecule has 6 nitrogen and oxygen atoms in total. The van der Waals surface area contributed by atoms with Gasteiger partial charge in [-0.2, -0.15) is 0 Å². The molecule has 0 aliphatic heterocycles. The van der Waals surface area contributed by atoms with Crippen molar-refractivity contribution >= 4 is 17.5 Å². The van der Waals surface area contributed by atoms with Gasteiger partial charge >= 0.3 is 0 Å². The molecule has 0 bridgehead atoms. The third kappa shape index (κ3) is 5.84. The van der Waals surface area contributed by atoms with Crippen LogP contribution in [0.25, 0.3) is 0 Å². The monoisotopic (exact) mass is 390 g/mol. The number of nitrogens with two attached hydrogens (primary N) is 1. The smallest absolute Gasteiger partial charge is 0.265 e. The summed E-state index contributed by atoms with van der Waals surface area (Å²) in [5.74, 6) is 0.452. The summed E-state index contributed by atoms with van der Waals surface area (Å²) in [6.07, 6.45) is -0.707. The fourth-order valence-electron chi connectivity index (χ4n) is 2.57. The molecule has 0 aliphatic rings. The topological polar surface area (TPSA) is 90.7 Å². The quantitative estimate of drug-likeness (QED) is 0.613. The number of anilines is 1. The van der Waals surface area contributed by atoms with Crippen molar-refractivity contribution in [1.82, 2.24) is 0 Å². The van der Waals surface area contributed by atoms with Gasteiger partial charge in [-0.1, -0.05) is 30.3 Å². The summed E-state index contributed by atoms with van der Waals surface area (Å²) in [6, 6.07) is 23.3. The molecule has 3 aromatic carbocycles. The zero-order valence-corrected chi connectivity index (χ0v) is 16.0. The van der Waals surface area contributed by atoms with Crippen LogP contribution >= 0.6 is 0 Å². The van der Waals surface area contributed by atoms with Gasteiger partial charge in [0.05, 0.1) is 0 Å². The van der Waals surface area contributed by atoms with Crippen molar-refractivity contribution in [3.8, 4) is 11.5 Å². The number of ether oxygens (including phenoxy) is 2. The van der Waals surface area contributed by atoms with Crippen LogP contribution < -0.4 is 20.5 Å². The largest absolute Gasteiger partial charge is 0.489 e. The Bertz CT molecular complexity index is 954. The minimum atomic E-state index is -0.707. The van der Waals surface area contributed by atoms with Crippen molar-refractivity contribution in [3.63, 3.8) is 0 Å². The first-order valence-electron chi connectivity index (χ1n) is 9.15. The molecule has 0 fully saturated rings. The van der Waals surface area contributed by atoms with Gasteiger partial charge in [-0.3, -0.25) is 9.59 Å². The summed E-state index contributed by atoms with van der Waals surface area (Å²) < 4.78 is 11.4. The van der Waals surface area contributed by atoms with Gasteiger partial charge in [-0.05, 0) is 61.0 Å². The maximum atomic E-state index is 12.3. The first-order chi connectivity index (χ1) is 14.0. The maximum absolute atomic E-state index is 12.3. The van der Waals surface area contributed by atoms with Gasteiger partial charge in [0.25, 0.3) is 5.91 Å². The second-order valence-corrected chi connectivity index (χ2v) is 6.44.